The van der Waals surface area contributed by atoms with Crippen molar-refractivity contribution in [2.24, 2.45) is 5.92 Å². The molecule has 7 rings (SSSR count). The Hall–Kier alpha value is -4.87. The normalized spacial score (nSPS) is 20.9. The van der Waals surface area contributed by atoms with Gasteiger partial charge in [0.15, 0.2) is 5.69 Å². The number of carbonyl (C=O) groups is 4. The largest absolute Gasteiger partial charge is 0.350 e. The summed E-state index contributed by atoms with van der Waals surface area (Å²) in [6.07, 6.45) is 9.91. The average molecular weight is 584 g/mol. The molecule has 4 amide bonds. The number of hydrogen-bond donors (Lipinski definition) is 4. The van der Waals surface area contributed by atoms with Crippen molar-refractivity contribution >= 4 is 40.2 Å². The first kappa shape index (κ1) is 28.3. The molecule has 0 saturated heterocycles. The summed E-state index contributed by atoms with van der Waals surface area (Å²) in [6, 6.07) is 11.0. The lowest BCUT2D eigenvalue weighted by molar-refractivity contribution is -0.133. The maximum absolute atomic E-state index is 13.4. The third kappa shape index (κ3) is 6.63. The van der Waals surface area contributed by atoms with Crippen molar-refractivity contribution in [1.29, 1.82) is 0 Å². The number of benzene rings is 1. The second kappa shape index (κ2) is 11.8. The van der Waals surface area contributed by atoms with E-state index in [0.29, 0.717) is 17.9 Å². The second-order valence-electron chi connectivity index (χ2n) is 11.7. The second-order valence-corrected chi connectivity index (χ2v) is 11.7. The standard InChI is InChI=1S/C31H33N7O5/c39-26(32-21-11-12-21)10-4-3-8-23(33-29(42)25-14-20-6-1-2-7-22(20)36-37-25)28(41)34-24-9-5-13-38(30(24)43)18-27(40)35-31-15-19(16-31)17-31/h1-2,4-7,9-10,13-14,19,21,23H,3,8,11-12,15-18H2,(H,32,39)(H,33,42)(H,34,41)(H,35,40)/b10-4+/t19?,23-,31?/m0/s1. The monoisotopic (exact) mass is 583 g/mol. The zero-order valence-electron chi connectivity index (χ0n) is 23.5. The fourth-order valence-electron chi connectivity index (χ4n) is 5.62. The first-order chi connectivity index (χ1) is 20.8. The lowest BCUT2D eigenvalue weighted by Crippen LogP contribution is -2.68. The molecule has 0 spiro atoms. The van der Waals surface area contributed by atoms with E-state index in [1.165, 1.54) is 22.9 Å². The highest BCUT2D eigenvalue weighted by Crippen LogP contribution is 2.56. The molecule has 0 aliphatic heterocycles. The van der Waals surface area contributed by atoms with Crippen LogP contribution >= 0.6 is 0 Å². The van der Waals surface area contributed by atoms with Crippen LogP contribution in [0.25, 0.3) is 10.9 Å². The predicted molar refractivity (Wildman–Crippen MR) is 158 cm³/mol. The van der Waals surface area contributed by atoms with Crippen LogP contribution in [0.15, 0.2) is 65.6 Å². The lowest BCUT2D eigenvalue weighted by atomic mass is 9.50. The molecule has 2 heterocycles. The van der Waals surface area contributed by atoms with Gasteiger partial charge in [0.1, 0.15) is 18.3 Å². The van der Waals surface area contributed by atoms with E-state index in [0.717, 1.165) is 37.5 Å². The first-order valence-electron chi connectivity index (χ1n) is 14.6. The number of nitrogens with one attached hydrogen (secondary N) is 4. The summed E-state index contributed by atoms with van der Waals surface area (Å²) in [6.45, 7) is -0.163. The summed E-state index contributed by atoms with van der Waals surface area (Å²) in [5.74, 6) is -0.973. The molecule has 1 atom stereocenters. The highest BCUT2D eigenvalue weighted by atomic mass is 16.2. The SMILES string of the molecule is O=C(/C=C/CC[C@H](NC(=O)c1cc2ccccc2nn1)C(=O)Nc1cccn(CC(=O)NC23CC(C2)C3)c1=O)NC1CC1. The van der Waals surface area contributed by atoms with E-state index < -0.39 is 23.4 Å². The number of pyridine rings is 1. The molecule has 1 aromatic carbocycles. The molecule has 4 saturated carbocycles. The number of rotatable bonds is 12. The number of allylic oxidation sites excluding steroid dienone is 1. The Morgan fingerprint density at radius 3 is 2.58 bits per heavy atom. The van der Waals surface area contributed by atoms with E-state index in [1.54, 1.807) is 30.3 Å². The van der Waals surface area contributed by atoms with Gasteiger partial charge in [-0.05, 0) is 81.2 Å². The van der Waals surface area contributed by atoms with Gasteiger partial charge < -0.3 is 25.8 Å². The Morgan fingerprint density at radius 2 is 1.84 bits per heavy atom. The van der Waals surface area contributed by atoms with Gasteiger partial charge >= 0.3 is 0 Å². The van der Waals surface area contributed by atoms with Gasteiger partial charge in [0.25, 0.3) is 11.5 Å². The van der Waals surface area contributed by atoms with Crippen molar-refractivity contribution in [3.05, 3.63) is 76.9 Å². The molecule has 12 nitrogen and oxygen atoms in total. The Morgan fingerprint density at radius 1 is 1.05 bits per heavy atom. The van der Waals surface area contributed by atoms with Crippen LogP contribution in [0.4, 0.5) is 5.69 Å². The Bertz CT molecular complexity index is 1660. The van der Waals surface area contributed by atoms with Crippen LogP contribution < -0.4 is 26.8 Å². The van der Waals surface area contributed by atoms with Crippen LogP contribution in [0.5, 0.6) is 0 Å². The molecular formula is C31H33N7O5. The van der Waals surface area contributed by atoms with Crippen LogP contribution in [0.2, 0.25) is 0 Å². The topological polar surface area (TPSA) is 164 Å². The summed E-state index contributed by atoms with van der Waals surface area (Å²) >= 11 is 0. The molecule has 4 N–H and O–H groups in total. The van der Waals surface area contributed by atoms with Crippen molar-refractivity contribution in [3.63, 3.8) is 0 Å². The van der Waals surface area contributed by atoms with Gasteiger partial charge in [-0.3, -0.25) is 24.0 Å². The molecule has 222 valence electrons. The van der Waals surface area contributed by atoms with E-state index in [4.69, 9.17) is 0 Å². The maximum atomic E-state index is 13.4. The van der Waals surface area contributed by atoms with Crippen LogP contribution in [-0.4, -0.2) is 56.0 Å². The molecule has 0 unspecified atom stereocenters. The lowest BCUT2D eigenvalue weighted by Gasteiger charge is -2.61. The molecule has 43 heavy (non-hydrogen) atoms. The number of aromatic nitrogens is 3. The molecule has 4 fully saturated rings. The number of nitrogens with zero attached hydrogens (tertiary/aromatic N) is 3. The average Bonchev–Trinajstić information content (AvgIpc) is 3.77. The summed E-state index contributed by atoms with van der Waals surface area (Å²) in [5.41, 5.74) is -0.0000998. The molecule has 3 aromatic rings. The molecule has 4 aliphatic rings. The zero-order chi connectivity index (χ0) is 30.0. The highest BCUT2D eigenvalue weighted by Gasteiger charge is 2.57. The fourth-order valence-corrected chi connectivity index (χ4v) is 5.62. The quantitative estimate of drug-likeness (QED) is 0.236. The van der Waals surface area contributed by atoms with Crippen LogP contribution in [-0.2, 0) is 20.9 Å². The van der Waals surface area contributed by atoms with Gasteiger partial charge in [-0.2, -0.15) is 0 Å². The zero-order valence-corrected chi connectivity index (χ0v) is 23.5. The number of fused-ring (bicyclic) bond motifs is 1. The van der Waals surface area contributed by atoms with Crippen molar-refractivity contribution < 1.29 is 19.2 Å². The number of amides is 4. The Kier molecular flexibility index (Phi) is 7.75. The highest BCUT2D eigenvalue weighted by molar-refractivity contribution is 6.01. The van der Waals surface area contributed by atoms with Crippen LogP contribution in [0, 0.1) is 5.92 Å². The first-order valence-corrected chi connectivity index (χ1v) is 14.6. The minimum atomic E-state index is -1.06. The van der Waals surface area contributed by atoms with Gasteiger partial charge in [0, 0.05) is 23.2 Å². The van der Waals surface area contributed by atoms with Gasteiger partial charge in [0.05, 0.1) is 5.52 Å². The summed E-state index contributed by atoms with van der Waals surface area (Å²) in [5, 5.41) is 20.0. The molecule has 0 radical (unpaired) electrons. The number of carbonyl (C=O) groups excluding carboxylic acids is 4. The maximum Gasteiger partial charge on any atom is 0.274 e. The molecule has 2 bridgehead atoms. The fraction of sp³-hybridized carbons (Fsp3) is 0.387. The van der Waals surface area contributed by atoms with Gasteiger partial charge in [0.2, 0.25) is 17.7 Å². The van der Waals surface area contributed by atoms with E-state index in [2.05, 4.69) is 31.5 Å². The van der Waals surface area contributed by atoms with Crippen molar-refractivity contribution in [1.82, 2.24) is 30.7 Å². The molecular weight excluding hydrogens is 550 g/mol. The van der Waals surface area contributed by atoms with Gasteiger partial charge in [-0.15, -0.1) is 10.2 Å². The van der Waals surface area contributed by atoms with Crippen LogP contribution in [0.1, 0.15) is 55.4 Å². The Balaban J connectivity index is 1.13. The summed E-state index contributed by atoms with van der Waals surface area (Å²) in [4.78, 5) is 64.2. The smallest absolute Gasteiger partial charge is 0.274 e. The van der Waals surface area contributed by atoms with Crippen molar-refractivity contribution in [3.8, 4) is 0 Å². The van der Waals surface area contributed by atoms with E-state index in [1.807, 2.05) is 12.1 Å². The van der Waals surface area contributed by atoms with Crippen LogP contribution in [0.3, 0.4) is 0 Å². The number of anilines is 1. The minimum Gasteiger partial charge on any atom is -0.350 e. The molecule has 12 heteroatoms. The summed E-state index contributed by atoms with van der Waals surface area (Å²) < 4.78 is 1.25. The molecule has 2 aromatic heterocycles. The summed E-state index contributed by atoms with van der Waals surface area (Å²) in [7, 11) is 0. The third-order valence-corrected chi connectivity index (χ3v) is 8.20. The number of hydrogen-bond acceptors (Lipinski definition) is 7. The van der Waals surface area contributed by atoms with Gasteiger partial charge in [-0.25, -0.2) is 0 Å². The van der Waals surface area contributed by atoms with Crippen molar-refractivity contribution in [2.75, 3.05) is 5.32 Å². The van der Waals surface area contributed by atoms with Gasteiger partial charge in [-0.1, -0.05) is 24.3 Å². The third-order valence-electron chi connectivity index (χ3n) is 8.20. The van der Waals surface area contributed by atoms with E-state index in [-0.39, 0.29) is 47.7 Å². The predicted octanol–water partition coefficient (Wildman–Crippen LogP) is 1.81. The molecule has 4 aliphatic carbocycles. The Labute approximate surface area is 247 Å². The van der Waals surface area contributed by atoms with E-state index in [9.17, 15) is 24.0 Å². The van der Waals surface area contributed by atoms with E-state index >= 15 is 0 Å². The van der Waals surface area contributed by atoms with Crippen molar-refractivity contribution in [2.45, 2.75) is 69.1 Å². The minimum absolute atomic E-state index is 0.0186.